The van der Waals surface area contributed by atoms with Gasteiger partial charge in [-0.05, 0) is 32.4 Å². The van der Waals surface area contributed by atoms with Gasteiger partial charge in [-0.15, -0.1) is 0 Å². The molecule has 0 spiro atoms. The quantitative estimate of drug-likeness (QED) is 0.890. The lowest BCUT2D eigenvalue weighted by Gasteiger charge is -2.43. The summed E-state index contributed by atoms with van der Waals surface area (Å²) in [7, 11) is 0. The van der Waals surface area contributed by atoms with Crippen molar-refractivity contribution < 1.29 is 4.79 Å². The van der Waals surface area contributed by atoms with Crippen molar-refractivity contribution in [2.75, 3.05) is 32.7 Å². The maximum atomic E-state index is 12.5. The van der Waals surface area contributed by atoms with Crippen molar-refractivity contribution in [1.82, 2.24) is 14.8 Å². The summed E-state index contributed by atoms with van der Waals surface area (Å²) < 4.78 is 0. The predicted molar refractivity (Wildman–Crippen MR) is 79.6 cm³/mol. The molecule has 0 saturated carbocycles. The van der Waals surface area contributed by atoms with Gasteiger partial charge in [0.2, 0.25) is 0 Å². The molecule has 1 aliphatic heterocycles. The molecule has 0 radical (unpaired) electrons. The summed E-state index contributed by atoms with van der Waals surface area (Å²) in [6.07, 6.45) is 1.67. The van der Waals surface area contributed by atoms with Crippen LogP contribution in [0.4, 0.5) is 0 Å². The monoisotopic (exact) mass is 276 g/mol. The third-order valence-corrected chi connectivity index (χ3v) is 4.13. The van der Waals surface area contributed by atoms with Crippen LogP contribution in [0.1, 0.15) is 29.9 Å². The lowest BCUT2D eigenvalue weighted by Crippen LogP contribution is -2.58. The SMILES string of the molecule is Cc1cccnc1C(=O)N1CCN(C(C)(C)CN)CC1. The number of pyridine rings is 1. The van der Waals surface area contributed by atoms with Gasteiger partial charge in [0.1, 0.15) is 5.69 Å². The molecule has 0 bridgehead atoms. The van der Waals surface area contributed by atoms with Crippen LogP contribution in [-0.4, -0.2) is 59.0 Å². The highest BCUT2D eigenvalue weighted by atomic mass is 16.2. The van der Waals surface area contributed by atoms with Crippen molar-refractivity contribution >= 4 is 5.91 Å². The summed E-state index contributed by atoms with van der Waals surface area (Å²) >= 11 is 0. The number of hydrogen-bond donors (Lipinski definition) is 1. The van der Waals surface area contributed by atoms with Crippen molar-refractivity contribution in [1.29, 1.82) is 0 Å². The summed E-state index contributed by atoms with van der Waals surface area (Å²) in [6, 6.07) is 3.78. The Morgan fingerprint density at radius 3 is 2.55 bits per heavy atom. The van der Waals surface area contributed by atoms with Crippen LogP contribution in [0.5, 0.6) is 0 Å². The third kappa shape index (κ3) is 2.99. The molecule has 0 unspecified atom stereocenters. The zero-order chi connectivity index (χ0) is 14.8. The Labute approximate surface area is 120 Å². The Hall–Kier alpha value is -1.46. The van der Waals surface area contributed by atoms with E-state index in [4.69, 9.17) is 5.73 Å². The van der Waals surface area contributed by atoms with Crippen LogP contribution in [-0.2, 0) is 0 Å². The molecule has 1 aliphatic rings. The van der Waals surface area contributed by atoms with Crippen molar-refractivity contribution in [3.8, 4) is 0 Å². The first-order valence-corrected chi connectivity index (χ1v) is 7.12. The van der Waals surface area contributed by atoms with E-state index in [2.05, 4.69) is 23.7 Å². The van der Waals surface area contributed by atoms with Gasteiger partial charge in [0.25, 0.3) is 5.91 Å². The maximum absolute atomic E-state index is 12.5. The molecule has 0 aromatic carbocycles. The zero-order valence-electron chi connectivity index (χ0n) is 12.6. The van der Waals surface area contributed by atoms with E-state index < -0.39 is 0 Å². The summed E-state index contributed by atoms with van der Waals surface area (Å²) in [5.74, 6) is 0.0355. The molecular weight excluding hydrogens is 252 g/mol. The molecule has 20 heavy (non-hydrogen) atoms. The molecule has 1 amide bonds. The normalized spacial score (nSPS) is 17.3. The van der Waals surface area contributed by atoms with Gasteiger partial charge in [0.05, 0.1) is 0 Å². The van der Waals surface area contributed by atoms with Gasteiger partial charge >= 0.3 is 0 Å². The number of nitrogens with zero attached hydrogens (tertiary/aromatic N) is 3. The van der Waals surface area contributed by atoms with Gasteiger partial charge in [-0.1, -0.05) is 6.07 Å². The van der Waals surface area contributed by atoms with E-state index >= 15 is 0 Å². The molecule has 2 heterocycles. The highest BCUT2D eigenvalue weighted by Gasteiger charge is 2.30. The number of amides is 1. The van der Waals surface area contributed by atoms with Crippen LogP contribution in [0.3, 0.4) is 0 Å². The standard InChI is InChI=1S/C15H24N4O/c1-12-5-4-6-17-13(12)14(20)18-7-9-19(10-8-18)15(2,3)11-16/h4-6H,7-11,16H2,1-3H3. The Morgan fingerprint density at radius 2 is 2.00 bits per heavy atom. The number of aryl methyl sites for hydroxylation is 1. The van der Waals surface area contributed by atoms with Crippen LogP contribution in [0.15, 0.2) is 18.3 Å². The lowest BCUT2D eigenvalue weighted by atomic mass is 10.0. The Bertz CT molecular complexity index is 479. The molecular formula is C15H24N4O. The first kappa shape index (κ1) is 14.9. The summed E-state index contributed by atoms with van der Waals surface area (Å²) in [6.45, 7) is 10.0. The van der Waals surface area contributed by atoms with Gasteiger partial charge in [-0.3, -0.25) is 14.7 Å². The summed E-state index contributed by atoms with van der Waals surface area (Å²) in [4.78, 5) is 20.9. The van der Waals surface area contributed by atoms with Gasteiger partial charge in [-0.2, -0.15) is 0 Å². The molecule has 5 nitrogen and oxygen atoms in total. The Kier molecular flexibility index (Phi) is 4.40. The number of piperazine rings is 1. The van der Waals surface area contributed by atoms with E-state index in [1.165, 1.54) is 0 Å². The number of carbonyl (C=O) groups is 1. The van der Waals surface area contributed by atoms with E-state index in [9.17, 15) is 4.79 Å². The smallest absolute Gasteiger partial charge is 0.272 e. The number of nitrogens with two attached hydrogens (primary N) is 1. The molecule has 0 atom stereocenters. The fourth-order valence-electron chi connectivity index (χ4n) is 2.50. The fraction of sp³-hybridized carbons (Fsp3) is 0.600. The van der Waals surface area contributed by atoms with Crippen LogP contribution in [0, 0.1) is 6.92 Å². The maximum Gasteiger partial charge on any atom is 0.272 e. The van der Waals surface area contributed by atoms with Crippen molar-refractivity contribution in [3.05, 3.63) is 29.6 Å². The molecule has 1 saturated heterocycles. The summed E-state index contributed by atoms with van der Waals surface area (Å²) in [5, 5.41) is 0. The molecule has 1 aromatic rings. The topological polar surface area (TPSA) is 62.5 Å². The molecule has 2 N–H and O–H groups in total. The second-order valence-electron chi connectivity index (χ2n) is 5.96. The second-order valence-corrected chi connectivity index (χ2v) is 5.96. The lowest BCUT2D eigenvalue weighted by molar-refractivity contribution is 0.0421. The van der Waals surface area contributed by atoms with Crippen molar-refractivity contribution in [2.45, 2.75) is 26.3 Å². The highest BCUT2D eigenvalue weighted by molar-refractivity contribution is 5.93. The molecule has 5 heteroatoms. The highest BCUT2D eigenvalue weighted by Crippen LogP contribution is 2.17. The zero-order valence-corrected chi connectivity index (χ0v) is 12.6. The third-order valence-electron chi connectivity index (χ3n) is 4.13. The minimum absolute atomic E-state index is 0.00392. The van der Waals surface area contributed by atoms with E-state index in [0.717, 1.165) is 31.7 Å². The predicted octanol–water partition coefficient (Wildman–Crippen LogP) is 0.885. The van der Waals surface area contributed by atoms with E-state index in [1.54, 1.807) is 6.20 Å². The molecule has 110 valence electrons. The number of hydrogen-bond acceptors (Lipinski definition) is 4. The minimum atomic E-state index is -0.00392. The number of aromatic nitrogens is 1. The number of rotatable bonds is 3. The van der Waals surface area contributed by atoms with E-state index in [0.29, 0.717) is 12.2 Å². The van der Waals surface area contributed by atoms with Crippen LogP contribution < -0.4 is 5.73 Å². The van der Waals surface area contributed by atoms with Crippen LogP contribution in [0.2, 0.25) is 0 Å². The second kappa shape index (κ2) is 5.89. The van der Waals surface area contributed by atoms with Gasteiger partial charge < -0.3 is 10.6 Å². The Balaban J connectivity index is 2.01. The molecule has 1 aromatic heterocycles. The minimum Gasteiger partial charge on any atom is -0.335 e. The van der Waals surface area contributed by atoms with Crippen LogP contribution >= 0.6 is 0 Å². The average molecular weight is 276 g/mol. The van der Waals surface area contributed by atoms with Crippen molar-refractivity contribution in [3.63, 3.8) is 0 Å². The van der Waals surface area contributed by atoms with Gasteiger partial charge in [-0.25, -0.2) is 0 Å². The first-order valence-electron chi connectivity index (χ1n) is 7.12. The average Bonchev–Trinajstić information content (AvgIpc) is 2.47. The van der Waals surface area contributed by atoms with Gasteiger partial charge in [0.15, 0.2) is 0 Å². The van der Waals surface area contributed by atoms with Crippen LogP contribution in [0.25, 0.3) is 0 Å². The molecule has 1 fully saturated rings. The largest absolute Gasteiger partial charge is 0.335 e. The molecule has 2 rings (SSSR count). The molecule has 0 aliphatic carbocycles. The number of carbonyl (C=O) groups excluding carboxylic acids is 1. The Morgan fingerprint density at radius 1 is 1.35 bits per heavy atom. The van der Waals surface area contributed by atoms with Crippen molar-refractivity contribution in [2.24, 2.45) is 5.73 Å². The summed E-state index contributed by atoms with van der Waals surface area (Å²) in [5.41, 5.74) is 7.31. The van der Waals surface area contributed by atoms with E-state index in [1.807, 2.05) is 24.0 Å². The fourth-order valence-corrected chi connectivity index (χ4v) is 2.50. The van der Waals surface area contributed by atoms with Gasteiger partial charge in [0, 0.05) is 44.5 Å². The van der Waals surface area contributed by atoms with E-state index in [-0.39, 0.29) is 11.4 Å². The first-order chi connectivity index (χ1) is 9.45.